The number of aliphatic hydroxyl groups excluding tert-OH is 1. The summed E-state index contributed by atoms with van der Waals surface area (Å²) in [6.07, 6.45) is 6.28. The lowest BCUT2D eigenvalue weighted by molar-refractivity contribution is 0.311. The van der Waals surface area contributed by atoms with Crippen LogP contribution in [0.3, 0.4) is 0 Å². The fourth-order valence-electron chi connectivity index (χ4n) is 1.60. The van der Waals surface area contributed by atoms with Crippen molar-refractivity contribution in [1.82, 2.24) is 10.2 Å². The number of aromatic nitrogens is 2. The zero-order chi connectivity index (χ0) is 12.1. The molecule has 2 N–H and O–H groups in total. The molecule has 1 aromatic rings. The number of halogens is 1. The van der Waals surface area contributed by atoms with E-state index >= 15 is 0 Å². The second-order valence-corrected chi connectivity index (χ2v) is 3.75. The molecular weight excluding hydrogens is 221 g/mol. The third kappa shape index (κ3) is 3.10. The Balaban J connectivity index is 2.13. The molecule has 0 saturated carbocycles. The summed E-state index contributed by atoms with van der Waals surface area (Å²) in [4.78, 5) is 0. The standard InChI is InChI=1S/C12H14FN3O/c13-11-3-1-9(2-4-11)10-7-12(14-5-6-17)16-15-8-10/h1-3,7-8,11,17H,4-6H2,(H,14,16). The van der Waals surface area contributed by atoms with Gasteiger partial charge in [-0.15, -0.1) is 5.10 Å². The van der Waals surface area contributed by atoms with Crippen LogP contribution >= 0.6 is 0 Å². The van der Waals surface area contributed by atoms with Crippen molar-refractivity contribution in [3.8, 4) is 0 Å². The zero-order valence-corrected chi connectivity index (χ0v) is 9.31. The largest absolute Gasteiger partial charge is 0.395 e. The van der Waals surface area contributed by atoms with Crippen molar-refractivity contribution in [3.05, 3.63) is 36.1 Å². The molecule has 4 nitrogen and oxygen atoms in total. The first-order chi connectivity index (χ1) is 8.29. The van der Waals surface area contributed by atoms with Crippen molar-refractivity contribution in [1.29, 1.82) is 0 Å². The van der Waals surface area contributed by atoms with Gasteiger partial charge in [0.15, 0.2) is 0 Å². The minimum atomic E-state index is -0.888. The first-order valence-corrected chi connectivity index (χ1v) is 5.50. The van der Waals surface area contributed by atoms with Crippen molar-refractivity contribution < 1.29 is 9.50 Å². The number of rotatable bonds is 4. The molecule has 0 aliphatic heterocycles. The van der Waals surface area contributed by atoms with Crippen molar-refractivity contribution in [2.24, 2.45) is 0 Å². The number of aliphatic hydroxyl groups is 1. The molecule has 0 amide bonds. The third-order valence-corrected chi connectivity index (χ3v) is 2.45. The Labute approximate surface area is 98.9 Å². The van der Waals surface area contributed by atoms with E-state index < -0.39 is 6.17 Å². The lowest BCUT2D eigenvalue weighted by Gasteiger charge is -2.10. The molecular formula is C12H14FN3O. The number of hydrogen-bond donors (Lipinski definition) is 2. The topological polar surface area (TPSA) is 58.0 Å². The number of hydrogen-bond acceptors (Lipinski definition) is 4. The monoisotopic (exact) mass is 235 g/mol. The predicted octanol–water partition coefficient (Wildman–Crippen LogP) is 1.56. The van der Waals surface area contributed by atoms with Crippen LogP contribution < -0.4 is 5.32 Å². The van der Waals surface area contributed by atoms with Gasteiger partial charge in [-0.05, 0) is 17.7 Å². The van der Waals surface area contributed by atoms with E-state index in [0.29, 0.717) is 18.8 Å². The normalized spacial score (nSPS) is 18.9. The minimum Gasteiger partial charge on any atom is -0.395 e. The highest BCUT2D eigenvalue weighted by Gasteiger charge is 2.09. The highest BCUT2D eigenvalue weighted by atomic mass is 19.1. The summed E-state index contributed by atoms with van der Waals surface area (Å²) in [6.45, 7) is 0.470. The minimum absolute atomic E-state index is 0.0397. The van der Waals surface area contributed by atoms with Crippen molar-refractivity contribution >= 4 is 11.4 Å². The molecule has 0 radical (unpaired) electrons. The van der Waals surface area contributed by atoms with E-state index in [2.05, 4.69) is 15.5 Å². The van der Waals surface area contributed by atoms with E-state index in [0.717, 1.165) is 11.1 Å². The molecule has 1 heterocycles. The molecule has 1 aromatic heterocycles. The molecule has 5 heteroatoms. The summed E-state index contributed by atoms with van der Waals surface area (Å²) in [7, 11) is 0. The Morgan fingerprint density at radius 1 is 1.53 bits per heavy atom. The fourth-order valence-corrected chi connectivity index (χ4v) is 1.60. The Bertz CT molecular complexity index is 445. The molecule has 1 aliphatic rings. The van der Waals surface area contributed by atoms with Crippen LogP contribution in [0.15, 0.2) is 30.5 Å². The van der Waals surface area contributed by atoms with Gasteiger partial charge in [-0.2, -0.15) is 5.10 Å². The summed E-state index contributed by atoms with van der Waals surface area (Å²) in [5.41, 5.74) is 1.84. The van der Waals surface area contributed by atoms with Crippen LogP contribution in [-0.4, -0.2) is 34.6 Å². The van der Waals surface area contributed by atoms with Gasteiger partial charge in [0, 0.05) is 18.5 Å². The predicted molar refractivity (Wildman–Crippen MR) is 64.2 cm³/mol. The summed E-state index contributed by atoms with van der Waals surface area (Å²) >= 11 is 0. The average Bonchev–Trinajstić information content (AvgIpc) is 2.37. The van der Waals surface area contributed by atoms with Gasteiger partial charge in [0.1, 0.15) is 12.0 Å². The van der Waals surface area contributed by atoms with Crippen LogP contribution in [0.5, 0.6) is 0 Å². The smallest absolute Gasteiger partial charge is 0.149 e. The van der Waals surface area contributed by atoms with Gasteiger partial charge in [0.25, 0.3) is 0 Å². The van der Waals surface area contributed by atoms with Crippen LogP contribution in [0.4, 0.5) is 10.2 Å². The number of alkyl halides is 1. The molecule has 0 aromatic carbocycles. The van der Waals surface area contributed by atoms with E-state index in [1.165, 1.54) is 6.08 Å². The van der Waals surface area contributed by atoms with Crippen LogP contribution in [0.1, 0.15) is 12.0 Å². The van der Waals surface area contributed by atoms with Crippen molar-refractivity contribution in [3.63, 3.8) is 0 Å². The molecule has 1 aliphatic carbocycles. The molecule has 17 heavy (non-hydrogen) atoms. The van der Waals surface area contributed by atoms with Gasteiger partial charge in [-0.1, -0.05) is 12.2 Å². The van der Waals surface area contributed by atoms with E-state index in [1.54, 1.807) is 12.3 Å². The summed E-state index contributed by atoms with van der Waals surface area (Å²) in [5, 5.41) is 19.4. The van der Waals surface area contributed by atoms with E-state index in [9.17, 15) is 4.39 Å². The fraction of sp³-hybridized carbons (Fsp3) is 0.333. The first kappa shape index (κ1) is 11.7. The lowest BCUT2D eigenvalue weighted by atomic mass is 10.0. The molecule has 0 saturated heterocycles. The summed E-state index contributed by atoms with van der Waals surface area (Å²) in [5.74, 6) is 0.605. The van der Waals surface area contributed by atoms with Gasteiger partial charge in [-0.3, -0.25) is 0 Å². The van der Waals surface area contributed by atoms with E-state index in [1.807, 2.05) is 12.1 Å². The molecule has 0 spiro atoms. The van der Waals surface area contributed by atoms with Gasteiger partial charge >= 0.3 is 0 Å². The maximum absolute atomic E-state index is 12.9. The summed E-state index contributed by atoms with van der Waals surface area (Å²) in [6, 6.07) is 1.83. The highest BCUT2D eigenvalue weighted by Crippen LogP contribution is 2.23. The number of nitrogens with zero attached hydrogens (tertiary/aromatic N) is 2. The maximum Gasteiger partial charge on any atom is 0.149 e. The Hall–Kier alpha value is -1.75. The van der Waals surface area contributed by atoms with Gasteiger partial charge in [-0.25, -0.2) is 4.39 Å². The van der Waals surface area contributed by atoms with E-state index in [4.69, 9.17) is 5.11 Å². The lowest BCUT2D eigenvalue weighted by Crippen LogP contribution is -2.08. The molecule has 2 rings (SSSR count). The van der Waals surface area contributed by atoms with Gasteiger partial charge < -0.3 is 10.4 Å². The Morgan fingerprint density at radius 2 is 2.41 bits per heavy atom. The number of nitrogens with one attached hydrogen (secondary N) is 1. The third-order valence-electron chi connectivity index (χ3n) is 2.45. The number of allylic oxidation sites excluding steroid dienone is 4. The highest BCUT2D eigenvalue weighted by molar-refractivity contribution is 5.75. The second-order valence-electron chi connectivity index (χ2n) is 3.75. The van der Waals surface area contributed by atoms with Gasteiger partial charge in [0.2, 0.25) is 0 Å². The molecule has 0 bridgehead atoms. The first-order valence-electron chi connectivity index (χ1n) is 5.50. The molecule has 1 atom stereocenters. The Morgan fingerprint density at radius 3 is 3.12 bits per heavy atom. The van der Waals surface area contributed by atoms with Crippen molar-refractivity contribution in [2.75, 3.05) is 18.5 Å². The van der Waals surface area contributed by atoms with E-state index in [-0.39, 0.29) is 6.61 Å². The number of anilines is 1. The SMILES string of the molecule is OCCNc1cc(C2=CCC(F)C=C2)cnn1. The zero-order valence-electron chi connectivity index (χ0n) is 9.31. The van der Waals surface area contributed by atoms with Crippen LogP contribution in [0, 0.1) is 0 Å². The van der Waals surface area contributed by atoms with Crippen molar-refractivity contribution in [2.45, 2.75) is 12.6 Å². The van der Waals surface area contributed by atoms with Gasteiger partial charge in [0.05, 0.1) is 12.8 Å². The quantitative estimate of drug-likeness (QED) is 0.831. The average molecular weight is 235 g/mol. The maximum atomic E-state index is 12.9. The second kappa shape index (κ2) is 5.54. The van der Waals surface area contributed by atoms with Crippen LogP contribution in [0.2, 0.25) is 0 Å². The van der Waals surface area contributed by atoms with Crippen LogP contribution in [0.25, 0.3) is 5.57 Å². The molecule has 0 fully saturated rings. The summed E-state index contributed by atoms with van der Waals surface area (Å²) < 4.78 is 12.9. The molecule has 90 valence electrons. The van der Waals surface area contributed by atoms with Crippen LogP contribution in [-0.2, 0) is 0 Å². The molecule has 1 unspecified atom stereocenters. The Kier molecular flexibility index (Phi) is 3.82.